The van der Waals surface area contributed by atoms with Crippen molar-refractivity contribution in [2.24, 2.45) is 5.41 Å². The molecule has 0 aliphatic heterocycles. The number of nitrogens with one attached hydrogen (secondary N) is 1. The largest absolute Gasteiger partial charge is 0.351 e. The zero-order valence-corrected chi connectivity index (χ0v) is 15.1. The predicted octanol–water partition coefficient (Wildman–Crippen LogP) is 3.70. The van der Waals surface area contributed by atoms with Crippen LogP contribution in [-0.4, -0.2) is 21.4 Å². The molecule has 126 valence electrons. The molecule has 2 atom stereocenters. The molecule has 0 saturated heterocycles. The minimum Gasteiger partial charge on any atom is -0.351 e. The van der Waals surface area contributed by atoms with E-state index < -0.39 is 5.41 Å². The molecule has 2 aliphatic carbocycles. The summed E-state index contributed by atoms with van der Waals surface area (Å²) in [6, 6.07) is 7.95. The lowest BCUT2D eigenvalue weighted by atomic mass is 9.67. The van der Waals surface area contributed by atoms with Crippen LogP contribution in [0, 0.1) is 5.41 Å². The third kappa shape index (κ3) is 1.83. The fraction of sp³-hybridized carbons (Fsp3) is 0.550. The lowest BCUT2D eigenvalue weighted by molar-refractivity contribution is -0.131. The van der Waals surface area contributed by atoms with E-state index in [1.807, 2.05) is 45.0 Å². The maximum Gasteiger partial charge on any atom is 0.233 e. The second-order valence-electron chi connectivity index (χ2n) is 8.87. The van der Waals surface area contributed by atoms with Crippen molar-refractivity contribution in [1.82, 2.24) is 15.3 Å². The van der Waals surface area contributed by atoms with Gasteiger partial charge in [0.05, 0.1) is 27.8 Å². The van der Waals surface area contributed by atoms with Gasteiger partial charge in [-0.2, -0.15) is 0 Å². The van der Waals surface area contributed by atoms with Crippen molar-refractivity contribution in [3.8, 4) is 0 Å². The number of para-hydroxylation sites is 2. The summed E-state index contributed by atoms with van der Waals surface area (Å²) in [4.78, 5) is 23.2. The van der Waals surface area contributed by atoms with Crippen LogP contribution in [0.1, 0.15) is 64.8 Å². The van der Waals surface area contributed by atoms with Crippen molar-refractivity contribution >= 4 is 16.9 Å². The molecular weight excluding hydrogens is 298 g/mol. The second kappa shape index (κ2) is 4.56. The number of carbonyl (C=O) groups excluding carboxylic acids is 1. The summed E-state index contributed by atoms with van der Waals surface area (Å²) in [5.74, 6) is 0.404. The molecule has 0 radical (unpaired) electrons. The van der Waals surface area contributed by atoms with Gasteiger partial charge in [-0.3, -0.25) is 4.79 Å². The number of hydrogen-bond donors (Lipinski definition) is 1. The summed E-state index contributed by atoms with van der Waals surface area (Å²) in [6.07, 6.45) is 1.86. The number of rotatable bonds is 1. The van der Waals surface area contributed by atoms with E-state index in [2.05, 4.69) is 19.2 Å². The quantitative estimate of drug-likeness (QED) is 0.870. The molecule has 4 nitrogen and oxygen atoms in total. The summed E-state index contributed by atoms with van der Waals surface area (Å²) in [6.45, 7) is 10.5. The molecule has 4 rings (SSSR count). The predicted molar refractivity (Wildman–Crippen MR) is 94.9 cm³/mol. The highest BCUT2D eigenvalue weighted by atomic mass is 16.2. The van der Waals surface area contributed by atoms with Gasteiger partial charge in [-0.25, -0.2) is 9.97 Å². The Morgan fingerprint density at radius 1 is 1.17 bits per heavy atom. The molecule has 1 N–H and O–H groups in total. The van der Waals surface area contributed by atoms with Crippen molar-refractivity contribution in [2.75, 3.05) is 0 Å². The van der Waals surface area contributed by atoms with Gasteiger partial charge in [0.15, 0.2) is 0 Å². The molecule has 2 bridgehead atoms. The Morgan fingerprint density at radius 2 is 1.79 bits per heavy atom. The van der Waals surface area contributed by atoms with Crippen molar-refractivity contribution in [3.63, 3.8) is 0 Å². The van der Waals surface area contributed by atoms with Gasteiger partial charge in [0.25, 0.3) is 0 Å². The Hall–Kier alpha value is -1.97. The Kier molecular flexibility index (Phi) is 2.95. The van der Waals surface area contributed by atoms with Crippen molar-refractivity contribution in [2.45, 2.75) is 64.3 Å². The minimum absolute atomic E-state index is 0.103. The van der Waals surface area contributed by atoms with Crippen LogP contribution in [0.4, 0.5) is 0 Å². The molecule has 24 heavy (non-hydrogen) atoms. The van der Waals surface area contributed by atoms with E-state index in [9.17, 15) is 4.79 Å². The molecule has 1 amide bonds. The molecule has 2 unspecified atom stereocenters. The van der Waals surface area contributed by atoms with Gasteiger partial charge in [-0.15, -0.1) is 0 Å². The van der Waals surface area contributed by atoms with E-state index in [1.54, 1.807) is 0 Å². The Morgan fingerprint density at radius 3 is 2.42 bits per heavy atom. The molecule has 1 heterocycles. The van der Waals surface area contributed by atoms with Gasteiger partial charge in [-0.1, -0.05) is 26.0 Å². The van der Waals surface area contributed by atoms with Gasteiger partial charge < -0.3 is 5.32 Å². The molecule has 2 aromatic rings. The summed E-state index contributed by atoms with van der Waals surface area (Å²) >= 11 is 0. The standard InChI is InChI=1S/C20H25N3O/c1-18(2,3)23-17(24)20-11-10-12(19(20,4)5)15-16(20)22-14-9-7-6-8-13(14)21-15/h6-9,12H,10-11H2,1-5H3,(H,23,24). The zero-order chi connectivity index (χ0) is 17.3. The van der Waals surface area contributed by atoms with Crippen LogP contribution in [0.5, 0.6) is 0 Å². The van der Waals surface area contributed by atoms with E-state index in [1.165, 1.54) is 0 Å². The summed E-state index contributed by atoms with van der Waals surface area (Å²) in [7, 11) is 0. The van der Waals surface area contributed by atoms with Gasteiger partial charge in [-0.05, 0) is 51.2 Å². The average molecular weight is 323 g/mol. The maximum atomic E-state index is 13.4. The Labute approximate surface area is 143 Å². The third-order valence-electron chi connectivity index (χ3n) is 5.99. The van der Waals surface area contributed by atoms with Crippen LogP contribution in [-0.2, 0) is 10.2 Å². The monoisotopic (exact) mass is 323 g/mol. The fourth-order valence-corrected chi connectivity index (χ4v) is 4.78. The lowest BCUT2D eigenvalue weighted by Gasteiger charge is -2.38. The Balaban J connectivity index is 1.95. The van der Waals surface area contributed by atoms with Crippen LogP contribution >= 0.6 is 0 Å². The first kappa shape index (κ1) is 15.6. The van der Waals surface area contributed by atoms with Crippen molar-refractivity contribution in [1.29, 1.82) is 0 Å². The number of benzene rings is 1. The number of nitrogens with zero attached hydrogens (tertiary/aromatic N) is 2. The van der Waals surface area contributed by atoms with Gasteiger partial charge in [0.1, 0.15) is 0 Å². The SMILES string of the molecule is CC(C)(C)NC(=O)C12CCC(c3nc4ccccc4nc31)C2(C)C. The van der Waals surface area contributed by atoms with Gasteiger partial charge in [0.2, 0.25) is 5.91 Å². The van der Waals surface area contributed by atoms with Crippen molar-refractivity contribution < 1.29 is 4.79 Å². The van der Waals surface area contributed by atoms with Crippen molar-refractivity contribution in [3.05, 3.63) is 35.7 Å². The van der Waals surface area contributed by atoms with Crippen LogP contribution < -0.4 is 5.32 Å². The highest BCUT2D eigenvalue weighted by Gasteiger charge is 2.68. The number of carbonyl (C=O) groups is 1. The van der Waals surface area contributed by atoms with Gasteiger partial charge >= 0.3 is 0 Å². The first-order valence-corrected chi connectivity index (χ1v) is 8.77. The number of amides is 1. The first-order chi connectivity index (χ1) is 11.2. The topological polar surface area (TPSA) is 54.9 Å². The molecule has 4 heteroatoms. The van der Waals surface area contributed by atoms with Crippen LogP contribution in [0.2, 0.25) is 0 Å². The second-order valence-corrected chi connectivity index (χ2v) is 8.87. The van der Waals surface area contributed by atoms with E-state index in [0.29, 0.717) is 5.92 Å². The number of hydrogen-bond acceptors (Lipinski definition) is 3. The molecule has 1 saturated carbocycles. The fourth-order valence-electron chi connectivity index (χ4n) is 4.78. The van der Waals surface area contributed by atoms with Gasteiger partial charge in [0, 0.05) is 11.5 Å². The lowest BCUT2D eigenvalue weighted by Crippen LogP contribution is -2.54. The van der Waals surface area contributed by atoms with Crippen LogP contribution in [0.3, 0.4) is 0 Å². The molecule has 1 fully saturated rings. The summed E-state index contributed by atoms with van der Waals surface area (Å²) in [5.41, 5.74) is 2.75. The average Bonchev–Trinajstić information content (AvgIpc) is 2.86. The highest BCUT2D eigenvalue weighted by molar-refractivity contribution is 5.92. The third-order valence-corrected chi connectivity index (χ3v) is 5.99. The number of aromatic nitrogens is 2. The molecule has 1 aromatic heterocycles. The minimum atomic E-state index is -0.572. The first-order valence-electron chi connectivity index (χ1n) is 8.77. The van der Waals surface area contributed by atoms with E-state index >= 15 is 0 Å². The zero-order valence-electron chi connectivity index (χ0n) is 15.1. The molecule has 1 aromatic carbocycles. The molecular formula is C20H25N3O. The van der Waals surface area contributed by atoms with Crippen LogP contribution in [0.15, 0.2) is 24.3 Å². The van der Waals surface area contributed by atoms with E-state index in [4.69, 9.17) is 9.97 Å². The highest BCUT2D eigenvalue weighted by Crippen LogP contribution is 2.67. The van der Waals surface area contributed by atoms with Crippen LogP contribution in [0.25, 0.3) is 11.0 Å². The number of fused-ring (bicyclic) bond motifs is 6. The normalized spacial score (nSPS) is 27.3. The summed E-state index contributed by atoms with van der Waals surface area (Å²) < 4.78 is 0. The van der Waals surface area contributed by atoms with E-state index in [0.717, 1.165) is 35.3 Å². The summed E-state index contributed by atoms with van der Waals surface area (Å²) in [5, 5.41) is 3.22. The smallest absolute Gasteiger partial charge is 0.233 e. The van der Waals surface area contributed by atoms with E-state index in [-0.39, 0.29) is 16.9 Å². The Bertz CT molecular complexity index is 850. The molecule has 2 aliphatic rings. The molecule has 0 spiro atoms. The maximum absolute atomic E-state index is 13.4.